The lowest BCUT2D eigenvalue weighted by Gasteiger charge is -2.37. The number of anilines is 1. The average molecular weight is 322 g/mol. The zero-order chi connectivity index (χ0) is 17.0. The fourth-order valence-electron chi connectivity index (χ4n) is 2.19. The first-order valence-corrected chi connectivity index (χ1v) is 7.97. The summed E-state index contributed by atoms with van der Waals surface area (Å²) in [4.78, 5) is 16.7. The molecular weight excluding hydrogens is 296 g/mol. The molecule has 1 N–H and O–H groups in total. The zero-order valence-electron chi connectivity index (χ0n) is 14.5. The lowest BCUT2D eigenvalue weighted by molar-refractivity contribution is -0.237. The van der Waals surface area contributed by atoms with Crippen molar-refractivity contribution in [3.63, 3.8) is 0 Å². The van der Waals surface area contributed by atoms with Crippen LogP contribution in [0.1, 0.15) is 34.6 Å². The van der Waals surface area contributed by atoms with Gasteiger partial charge in [0.15, 0.2) is 6.29 Å². The van der Waals surface area contributed by atoms with Crippen LogP contribution in [0.5, 0.6) is 5.88 Å². The number of ether oxygens (including phenoxy) is 3. The molecule has 128 valence electrons. The van der Waals surface area contributed by atoms with Crippen LogP contribution in [0.15, 0.2) is 18.3 Å². The Labute approximate surface area is 137 Å². The SMILES string of the molecule is CC(C)Oc1ccc(NC(=O)C2(C)COC(C(C)C)OC2)cn1. The second kappa shape index (κ2) is 7.27. The van der Waals surface area contributed by atoms with E-state index in [1.807, 2.05) is 34.6 Å². The molecule has 1 aliphatic heterocycles. The van der Waals surface area contributed by atoms with E-state index in [-0.39, 0.29) is 24.2 Å². The summed E-state index contributed by atoms with van der Waals surface area (Å²) in [6.07, 6.45) is 1.40. The maximum absolute atomic E-state index is 12.5. The lowest BCUT2D eigenvalue weighted by Crippen LogP contribution is -2.48. The molecule has 1 fully saturated rings. The number of nitrogens with one attached hydrogen (secondary N) is 1. The third-order valence-electron chi connectivity index (χ3n) is 3.58. The molecule has 0 aliphatic carbocycles. The molecule has 1 aromatic rings. The molecule has 0 spiro atoms. The Bertz CT molecular complexity index is 520. The summed E-state index contributed by atoms with van der Waals surface area (Å²) in [7, 11) is 0. The smallest absolute Gasteiger partial charge is 0.235 e. The van der Waals surface area contributed by atoms with E-state index in [9.17, 15) is 4.79 Å². The third-order valence-corrected chi connectivity index (χ3v) is 3.58. The molecule has 0 aromatic carbocycles. The molecule has 2 heterocycles. The summed E-state index contributed by atoms with van der Waals surface area (Å²) >= 11 is 0. The monoisotopic (exact) mass is 322 g/mol. The van der Waals surface area contributed by atoms with Crippen molar-refractivity contribution >= 4 is 11.6 Å². The van der Waals surface area contributed by atoms with E-state index in [1.165, 1.54) is 0 Å². The summed E-state index contributed by atoms with van der Waals surface area (Å²) in [6, 6.07) is 3.51. The van der Waals surface area contributed by atoms with E-state index in [0.29, 0.717) is 24.8 Å². The van der Waals surface area contributed by atoms with Crippen LogP contribution in [-0.2, 0) is 14.3 Å². The molecule has 0 saturated carbocycles. The molecular formula is C17H26N2O4. The van der Waals surface area contributed by atoms with Gasteiger partial charge in [0.2, 0.25) is 11.8 Å². The highest BCUT2D eigenvalue weighted by atomic mass is 16.7. The van der Waals surface area contributed by atoms with E-state index in [2.05, 4.69) is 10.3 Å². The molecule has 6 nitrogen and oxygen atoms in total. The number of rotatable bonds is 5. The summed E-state index contributed by atoms with van der Waals surface area (Å²) in [5.74, 6) is 0.660. The van der Waals surface area contributed by atoms with E-state index in [0.717, 1.165) is 0 Å². The van der Waals surface area contributed by atoms with Crippen molar-refractivity contribution < 1.29 is 19.0 Å². The minimum atomic E-state index is -0.710. The van der Waals surface area contributed by atoms with Gasteiger partial charge in [0.1, 0.15) is 0 Å². The standard InChI is InChI=1S/C17H26N2O4/c1-11(2)15-21-9-17(5,10-22-15)16(20)19-13-6-7-14(18-8-13)23-12(3)4/h6-8,11-12,15H,9-10H2,1-5H3,(H,19,20). The van der Waals surface area contributed by atoms with Gasteiger partial charge >= 0.3 is 0 Å². The average Bonchev–Trinajstić information content (AvgIpc) is 2.49. The van der Waals surface area contributed by atoms with E-state index in [1.54, 1.807) is 18.3 Å². The van der Waals surface area contributed by atoms with E-state index < -0.39 is 5.41 Å². The van der Waals surface area contributed by atoms with Crippen molar-refractivity contribution in [2.75, 3.05) is 18.5 Å². The predicted octanol–water partition coefficient (Wildman–Crippen LogP) is 2.84. The largest absolute Gasteiger partial charge is 0.475 e. The van der Waals surface area contributed by atoms with Gasteiger partial charge in [-0.3, -0.25) is 4.79 Å². The van der Waals surface area contributed by atoms with Crippen LogP contribution < -0.4 is 10.1 Å². The zero-order valence-corrected chi connectivity index (χ0v) is 14.5. The molecule has 6 heteroatoms. The number of carbonyl (C=O) groups excluding carboxylic acids is 1. The molecule has 1 amide bonds. The highest BCUT2D eigenvalue weighted by Crippen LogP contribution is 2.28. The summed E-state index contributed by atoms with van der Waals surface area (Å²) in [5.41, 5.74) is -0.0864. The summed E-state index contributed by atoms with van der Waals surface area (Å²) in [6.45, 7) is 10.4. The van der Waals surface area contributed by atoms with Crippen molar-refractivity contribution in [1.82, 2.24) is 4.98 Å². The van der Waals surface area contributed by atoms with Gasteiger partial charge in [-0.2, -0.15) is 0 Å². The van der Waals surface area contributed by atoms with Crippen molar-refractivity contribution in [2.24, 2.45) is 11.3 Å². The van der Waals surface area contributed by atoms with Crippen LogP contribution in [0.3, 0.4) is 0 Å². The van der Waals surface area contributed by atoms with Gasteiger partial charge in [0.05, 0.1) is 36.6 Å². The Balaban J connectivity index is 1.93. The first-order chi connectivity index (χ1) is 10.8. The predicted molar refractivity (Wildman–Crippen MR) is 87.3 cm³/mol. The van der Waals surface area contributed by atoms with Gasteiger partial charge in [0.25, 0.3) is 0 Å². The topological polar surface area (TPSA) is 69.7 Å². The Morgan fingerprint density at radius 1 is 1.30 bits per heavy atom. The van der Waals surface area contributed by atoms with Gasteiger partial charge < -0.3 is 19.5 Å². The molecule has 2 rings (SSSR count). The van der Waals surface area contributed by atoms with Crippen molar-refractivity contribution in [2.45, 2.75) is 47.0 Å². The quantitative estimate of drug-likeness (QED) is 0.902. The molecule has 1 aromatic heterocycles. The highest BCUT2D eigenvalue weighted by molar-refractivity contribution is 5.95. The first-order valence-electron chi connectivity index (χ1n) is 7.97. The van der Waals surface area contributed by atoms with Crippen LogP contribution in [0.4, 0.5) is 5.69 Å². The summed E-state index contributed by atoms with van der Waals surface area (Å²) in [5, 5.41) is 2.86. The number of carbonyl (C=O) groups is 1. The maximum atomic E-state index is 12.5. The fraction of sp³-hybridized carbons (Fsp3) is 0.647. The lowest BCUT2D eigenvalue weighted by atomic mass is 9.90. The van der Waals surface area contributed by atoms with Gasteiger partial charge in [-0.1, -0.05) is 13.8 Å². The molecule has 1 aliphatic rings. The number of hydrogen-bond acceptors (Lipinski definition) is 5. The van der Waals surface area contributed by atoms with Crippen molar-refractivity contribution in [3.05, 3.63) is 18.3 Å². The minimum absolute atomic E-state index is 0.0623. The van der Waals surface area contributed by atoms with E-state index in [4.69, 9.17) is 14.2 Å². The summed E-state index contributed by atoms with van der Waals surface area (Å²) < 4.78 is 16.8. The number of aromatic nitrogens is 1. The highest BCUT2D eigenvalue weighted by Gasteiger charge is 2.40. The van der Waals surface area contributed by atoms with Gasteiger partial charge in [-0.05, 0) is 26.8 Å². The Morgan fingerprint density at radius 3 is 2.43 bits per heavy atom. The number of pyridine rings is 1. The van der Waals surface area contributed by atoms with Crippen molar-refractivity contribution in [1.29, 1.82) is 0 Å². The molecule has 0 unspecified atom stereocenters. The van der Waals surface area contributed by atoms with Gasteiger partial charge in [-0.25, -0.2) is 4.98 Å². The Kier molecular flexibility index (Phi) is 5.59. The van der Waals surface area contributed by atoms with Crippen LogP contribution >= 0.6 is 0 Å². The molecule has 0 atom stereocenters. The second-order valence-corrected chi connectivity index (χ2v) is 6.80. The Morgan fingerprint density at radius 2 is 1.96 bits per heavy atom. The van der Waals surface area contributed by atoms with Crippen molar-refractivity contribution in [3.8, 4) is 5.88 Å². The van der Waals surface area contributed by atoms with Crippen LogP contribution in [0, 0.1) is 11.3 Å². The van der Waals surface area contributed by atoms with E-state index >= 15 is 0 Å². The number of hydrogen-bond donors (Lipinski definition) is 1. The van der Waals surface area contributed by atoms with Crippen LogP contribution in [0.2, 0.25) is 0 Å². The second-order valence-electron chi connectivity index (χ2n) is 6.80. The normalized spacial score (nSPS) is 24.7. The van der Waals surface area contributed by atoms with Crippen LogP contribution in [0.25, 0.3) is 0 Å². The van der Waals surface area contributed by atoms with Crippen LogP contribution in [-0.4, -0.2) is 36.5 Å². The first kappa shape index (κ1) is 17.7. The molecule has 1 saturated heterocycles. The maximum Gasteiger partial charge on any atom is 0.235 e. The van der Waals surface area contributed by atoms with Gasteiger partial charge in [0, 0.05) is 12.0 Å². The minimum Gasteiger partial charge on any atom is -0.475 e. The Hall–Kier alpha value is -1.66. The van der Waals surface area contributed by atoms with Gasteiger partial charge in [-0.15, -0.1) is 0 Å². The number of nitrogens with zero attached hydrogens (tertiary/aromatic N) is 1. The molecule has 0 radical (unpaired) electrons. The molecule has 23 heavy (non-hydrogen) atoms. The number of amides is 1. The third kappa shape index (κ3) is 4.65. The molecule has 0 bridgehead atoms. The fourth-order valence-corrected chi connectivity index (χ4v) is 2.19.